The summed E-state index contributed by atoms with van der Waals surface area (Å²) in [4.78, 5) is 0. The van der Waals surface area contributed by atoms with Gasteiger partial charge in [0.1, 0.15) is 11.3 Å². The molecule has 3 aromatic heterocycles. The van der Waals surface area contributed by atoms with Gasteiger partial charge in [0.15, 0.2) is 4.34 Å². The number of nitrogens with two attached hydrogens (primary N) is 1. The molecule has 0 aliphatic heterocycles. The Morgan fingerprint density at radius 3 is 3.00 bits per heavy atom. The van der Waals surface area contributed by atoms with E-state index in [0.717, 1.165) is 9.35 Å². The molecule has 2 N–H and O–H groups in total. The topological polar surface area (TPSA) is 99.8 Å². The van der Waals surface area contributed by atoms with Crippen molar-refractivity contribution in [2.24, 2.45) is 0 Å². The Hall–Kier alpha value is -1.33. The third kappa shape index (κ3) is 2.04. The molecule has 8 nitrogen and oxygen atoms in total. The fourth-order valence-electron chi connectivity index (χ4n) is 1.27. The number of rotatable bonds is 4. The van der Waals surface area contributed by atoms with Gasteiger partial charge in [-0.1, -0.05) is 34.9 Å². The van der Waals surface area contributed by atoms with Gasteiger partial charge in [0.05, 0.1) is 5.75 Å². The Balaban J connectivity index is 1.76. The summed E-state index contributed by atoms with van der Waals surface area (Å²) in [6, 6.07) is 0. The monoisotopic (exact) mass is 300 g/mol. The highest BCUT2D eigenvalue weighted by Crippen LogP contribution is 2.25. The Labute approximate surface area is 114 Å². The molecule has 0 aliphatic carbocycles. The minimum atomic E-state index is 0.513. The minimum absolute atomic E-state index is 0.513. The first-order chi connectivity index (χ1) is 8.78. The molecule has 18 heavy (non-hydrogen) atoms. The average Bonchev–Trinajstić information content (AvgIpc) is 3.05. The summed E-state index contributed by atoms with van der Waals surface area (Å²) in [5.41, 5.74) is 0. The van der Waals surface area contributed by atoms with E-state index in [1.54, 1.807) is 27.6 Å². The normalized spacial score (nSPS) is 11.4. The van der Waals surface area contributed by atoms with E-state index < -0.39 is 0 Å². The molecule has 0 aliphatic rings. The lowest BCUT2D eigenvalue weighted by Gasteiger charge is -1.92. The molecule has 3 aromatic rings. The third-order valence-electron chi connectivity index (χ3n) is 2.07. The molecule has 0 saturated heterocycles. The van der Waals surface area contributed by atoms with Crippen LogP contribution in [-0.4, -0.2) is 40.9 Å². The van der Waals surface area contributed by atoms with Crippen LogP contribution in [0.1, 0.15) is 5.01 Å². The van der Waals surface area contributed by atoms with Crippen LogP contribution in [0.3, 0.4) is 0 Å². The number of aromatic nitrogens is 7. The van der Waals surface area contributed by atoms with E-state index in [1.165, 1.54) is 22.8 Å². The smallest absolute Gasteiger partial charge is 0.273 e. The number of nitrogens with zero attached hydrogens (tertiary/aromatic N) is 7. The molecule has 0 unspecified atom stereocenters. The Kier molecular flexibility index (Phi) is 3.09. The van der Waals surface area contributed by atoms with Crippen molar-refractivity contribution in [1.82, 2.24) is 34.7 Å². The predicted octanol–water partition coefficient (Wildman–Crippen LogP) is 0.505. The summed E-state index contributed by atoms with van der Waals surface area (Å²) in [5.74, 6) is 6.82. The molecule has 0 bridgehead atoms. The largest absolute Gasteiger partial charge is 0.335 e. The zero-order valence-corrected chi connectivity index (χ0v) is 11.7. The first kappa shape index (κ1) is 11.7. The van der Waals surface area contributed by atoms with Crippen molar-refractivity contribution in [3.05, 3.63) is 11.3 Å². The van der Waals surface area contributed by atoms with Gasteiger partial charge in [0.25, 0.3) is 5.78 Å². The summed E-state index contributed by atoms with van der Waals surface area (Å²) in [5, 5.41) is 21.8. The summed E-state index contributed by atoms with van der Waals surface area (Å²) in [7, 11) is 0. The molecule has 0 atom stereocenters. The van der Waals surface area contributed by atoms with Crippen molar-refractivity contribution in [2.45, 2.75) is 15.2 Å². The summed E-state index contributed by atoms with van der Waals surface area (Å²) in [6.45, 7) is 0. The molecule has 0 spiro atoms. The zero-order valence-electron chi connectivity index (χ0n) is 9.22. The lowest BCUT2D eigenvalue weighted by Crippen LogP contribution is -2.06. The highest BCUT2D eigenvalue weighted by atomic mass is 32.2. The van der Waals surface area contributed by atoms with Gasteiger partial charge in [0, 0.05) is 0 Å². The van der Waals surface area contributed by atoms with E-state index in [2.05, 4.69) is 25.5 Å². The van der Waals surface area contributed by atoms with Crippen LogP contribution in [0.2, 0.25) is 0 Å². The summed E-state index contributed by atoms with van der Waals surface area (Å²) >= 11 is 4.67. The van der Waals surface area contributed by atoms with Crippen molar-refractivity contribution >= 4 is 40.6 Å². The van der Waals surface area contributed by atoms with Gasteiger partial charge in [-0.15, -0.1) is 20.4 Å². The number of thioether (sulfide) groups is 2. The number of hydrogen-bond acceptors (Lipinski definition) is 9. The summed E-state index contributed by atoms with van der Waals surface area (Å²) in [6.07, 6.45) is 3.47. The molecule has 3 heterocycles. The van der Waals surface area contributed by atoms with Crippen molar-refractivity contribution < 1.29 is 0 Å². The second-order valence-electron chi connectivity index (χ2n) is 3.19. The van der Waals surface area contributed by atoms with Crippen LogP contribution in [-0.2, 0) is 5.75 Å². The van der Waals surface area contributed by atoms with E-state index in [4.69, 9.17) is 5.84 Å². The molecular weight excluding hydrogens is 292 g/mol. The SMILES string of the molecule is CSc1nnc(CSc2nnc3n(N)cnn23)s1. The highest BCUT2D eigenvalue weighted by Gasteiger charge is 2.12. The molecule has 0 fully saturated rings. The molecule has 94 valence electrons. The molecule has 3 rings (SSSR count). The lowest BCUT2D eigenvalue weighted by atomic mass is 10.9. The van der Waals surface area contributed by atoms with Crippen LogP contribution >= 0.6 is 34.9 Å². The standard InChI is InChI=1S/C7H8N8S3/c1-16-7-13-10-4(18-7)2-17-6-12-11-5-14(8)3-9-15(5)6/h3H,2,8H2,1H3. The van der Waals surface area contributed by atoms with Crippen LogP contribution in [0.4, 0.5) is 0 Å². The van der Waals surface area contributed by atoms with E-state index in [9.17, 15) is 0 Å². The minimum Gasteiger partial charge on any atom is -0.335 e. The molecule has 0 amide bonds. The first-order valence-corrected chi connectivity index (χ1v) is 7.83. The average molecular weight is 300 g/mol. The van der Waals surface area contributed by atoms with Gasteiger partial charge in [-0.25, -0.2) is 4.68 Å². The molecule has 11 heteroatoms. The van der Waals surface area contributed by atoms with E-state index >= 15 is 0 Å². The van der Waals surface area contributed by atoms with E-state index in [-0.39, 0.29) is 0 Å². The van der Waals surface area contributed by atoms with Crippen LogP contribution < -0.4 is 5.84 Å². The van der Waals surface area contributed by atoms with Crippen molar-refractivity contribution in [3.8, 4) is 0 Å². The number of fused-ring (bicyclic) bond motifs is 1. The maximum atomic E-state index is 5.62. The van der Waals surface area contributed by atoms with Crippen LogP contribution in [0, 0.1) is 0 Å². The number of nitrogen functional groups attached to an aromatic ring is 1. The zero-order chi connectivity index (χ0) is 12.5. The van der Waals surface area contributed by atoms with Gasteiger partial charge in [-0.3, -0.25) is 0 Å². The maximum absolute atomic E-state index is 5.62. The number of hydrogen-bond donors (Lipinski definition) is 1. The fraction of sp³-hybridized carbons (Fsp3) is 0.286. The van der Waals surface area contributed by atoms with E-state index in [1.807, 2.05) is 6.26 Å². The van der Waals surface area contributed by atoms with Gasteiger partial charge < -0.3 is 5.84 Å². The second kappa shape index (κ2) is 4.74. The van der Waals surface area contributed by atoms with Crippen molar-refractivity contribution in [1.29, 1.82) is 0 Å². The second-order valence-corrected chi connectivity index (χ2v) is 6.25. The van der Waals surface area contributed by atoms with Gasteiger partial charge >= 0.3 is 0 Å². The highest BCUT2D eigenvalue weighted by molar-refractivity contribution is 8.00. The third-order valence-corrected chi connectivity index (χ3v) is 5.08. The van der Waals surface area contributed by atoms with Crippen LogP contribution in [0.5, 0.6) is 0 Å². The van der Waals surface area contributed by atoms with E-state index in [0.29, 0.717) is 16.7 Å². The fourth-order valence-corrected chi connectivity index (χ4v) is 3.46. The molecule has 0 saturated carbocycles. The molecule has 0 aromatic carbocycles. The maximum Gasteiger partial charge on any atom is 0.273 e. The van der Waals surface area contributed by atoms with Crippen molar-refractivity contribution in [3.63, 3.8) is 0 Å². The Bertz CT molecular complexity index is 669. The van der Waals surface area contributed by atoms with Crippen LogP contribution in [0.15, 0.2) is 15.8 Å². The Morgan fingerprint density at radius 1 is 1.33 bits per heavy atom. The predicted molar refractivity (Wildman–Crippen MR) is 70.2 cm³/mol. The lowest BCUT2D eigenvalue weighted by molar-refractivity contribution is 0.819. The molecule has 0 radical (unpaired) electrons. The van der Waals surface area contributed by atoms with Crippen molar-refractivity contribution in [2.75, 3.05) is 12.1 Å². The van der Waals surface area contributed by atoms with Gasteiger partial charge in [-0.05, 0) is 6.26 Å². The first-order valence-electron chi connectivity index (χ1n) is 4.81. The molecular formula is C7H8N8S3. The van der Waals surface area contributed by atoms with Gasteiger partial charge in [-0.2, -0.15) is 9.61 Å². The quantitative estimate of drug-likeness (QED) is 0.549. The van der Waals surface area contributed by atoms with Gasteiger partial charge in [0.2, 0.25) is 5.16 Å². The Morgan fingerprint density at radius 2 is 2.22 bits per heavy atom. The summed E-state index contributed by atoms with van der Waals surface area (Å²) < 4.78 is 3.89. The van der Waals surface area contributed by atoms with Crippen LogP contribution in [0.25, 0.3) is 5.78 Å².